The van der Waals surface area contributed by atoms with Crippen LogP contribution in [-0.4, -0.2) is 12.2 Å². The summed E-state index contributed by atoms with van der Waals surface area (Å²) in [7, 11) is 0. The average molecular weight is 112 g/mol. The molecule has 4 heteroatoms. The van der Waals surface area contributed by atoms with Gasteiger partial charge in [-0.05, 0) is 6.92 Å². The van der Waals surface area contributed by atoms with Crippen LogP contribution >= 0.6 is 0 Å². The van der Waals surface area contributed by atoms with E-state index >= 15 is 0 Å². The predicted molar refractivity (Wildman–Crippen MR) is 18.6 cm³/mol. The van der Waals surface area contributed by atoms with Crippen molar-refractivity contribution in [1.82, 2.24) is 5.73 Å². The van der Waals surface area contributed by atoms with E-state index in [0.717, 1.165) is 0 Å². The van der Waals surface area contributed by atoms with Crippen LogP contribution in [0.2, 0.25) is 0 Å². The Kier molecular flexibility index (Phi) is 1.63. The fourth-order valence-corrected chi connectivity index (χ4v) is 0. The zero-order valence-electron chi connectivity index (χ0n) is 3.71. The molecule has 0 amide bonds. The van der Waals surface area contributed by atoms with E-state index in [1.165, 1.54) is 0 Å². The molecule has 7 heavy (non-hydrogen) atoms. The third-order valence-electron chi connectivity index (χ3n) is 0.500. The summed E-state index contributed by atoms with van der Waals surface area (Å²) in [6, 6.07) is -3.92. The van der Waals surface area contributed by atoms with Gasteiger partial charge in [0.1, 0.15) is 0 Å². The van der Waals surface area contributed by atoms with Crippen LogP contribution in [-0.2, 0) is 0 Å². The lowest BCUT2D eigenvalue weighted by molar-refractivity contribution is -0.0659. The first-order valence-corrected chi connectivity index (χ1v) is 1.71. The van der Waals surface area contributed by atoms with Crippen molar-refractivity contribution in [3.63, 3.8) is 0 Å². The van der Waals surface area contributed by atoms with Gasteiger partial charge in [0.25, 0.3) is 0 Å². The summed E-state index contributed by atoms with van der Waals surface area (Å²) < 4.78 is 33.5. The van der Waals surface area contributed by atoms with E-state index in [1.807, 2.05) is 0 Å². The number of alkyl halides is 3. The maximum Gasteiger partial charge on any atom is 0.345 e. The molecule has 0 fully saturated rings. The Morgan fingerprint density at radius 1 is 1.57 bits per heavy atom. The second-order valence-electron chi connectivity index (χ2n) is 1.24. The third kappa shape index (κ3) is 2.45. The lowest BCUT2D eigenvalue weighted by Crippen LogP contribution is -2.28. The highest BCUT2D eigenvalue weighted by molar-refractivity contribution is 4.61. The Hall–Kier alpha value is -0.250. The van der Waals surface area contributed by atoms with Crippen molar-refractivity contribution in [3.8, 4) is 0 Å². The standard InChI is InChI=1S/C3H5F3N/c1-2(4)3(5,6)7/h2,7H,1H3. The molecule has 1 atom stereocenters. The molecule has 43 valence electrons. The number of hydrogen-bond donors (Lipinski definition) is 0. The van der Waals surface area contributed by atoms with E-state index in [4.69, 9.17) is 5.73 Å². The fraction of sp³-hybridized carbons (Fsp3) is 1.00. The molecule has 0 aliphatic carbocycles. The smallest absolute Gasteiger partial charge is 0.239 e. The second kappa shape index (κ2) is 1.69. The van der Waals surface area contributed by atoms with Crippen molar-refractivity contribution in [2.75, 3.05) is 0 Å². The average Bonchev–Trinajstić information content (AvgIpc) is 1.31. The lowest BCUT2D eigenvalue weighted by atomic mass is 10.4. The zero-order chi connectivity index (χ0) is 6.08. The largest absolute Gasteiger partial charge is 0.345 e. The highest BCUT2D eigenvalue weighted by Crippen LogP contribution is 2.14. The molecule has 0 saturated heterocycles. The summed E-state index contributed by atoms with van der Waals surface area (Å²) in [4.78, 5) is 0. The zero-order valence-corrected chi connectivity index (χ0v) is 3.71. The summed E-state index contributed by atoms with van der Waals surface area (Å²) in [5.41, 5.74) is 5.68. The van der Waals surface area contributed by atoms with Gasteiger partial charge in [-0.15, -0.1) is 0 Å². The quantitative estimate of drug-likeness (QED) is 0.455. The molecule has 1 radical (unpaired) electrons. The van der Waals surface area contributed by atoms with E-state index < -0.39 is 12.2 Å². The van der Waals surface area contributed by atoms with Crippen molar-refractivity contribution < 1.29 is 13.2 Å². The van der Waals surface area contributed by atoms with Gasteiger partial charge in [0.15, 0.2) is 6.17 Å². The van der Waals surface area contributed by atoms with E-state index in [2.05, 4.69) is 0 Å². The van der Waals surface area contributed by atoms with Crippen molar-refractivity contribution in [2.24, 2.45) is 0 Å². The van der Waals surface area contributed by atoms with Gasteiger partial charge in [0, 0.05) is 0 Å². The molecule has 0 aliphatic heterocycles. The molecule has 1 N–H and O–H groups in total. The van der Waals surface area contributed by atoms with Crippen LogP contribution in [0.15, 0.2) is 0 Å². The summed E-state index contributed by atoms with van der Waals surface area (Å²) in [6.45, 7) is 0.646. The fourth-order valence-electron chi connectivity index (χ4n) is 0. The van der Waals surface area contributed by atoms with Gasteiger partial charge in [-0.25, -0.2) is 4.39 Å². The molecule has 0 spiro atoms. The van der Waals surface area contributed by atoms with E-state index in [9.17, 15) is 13.2 Å². The van der Waals surface area contributed by atoms with Crippen LogP contribution in [0.4, 0.5) is 13.2 Å². The molecule has 0 aliphatic rings. The number of nitrogens with one attached hydrogen (secondary N) is 1. The maximum atomic E-state index is 11.3. The number of rotatable bonds is 1. The second-order valence-corrected chi connectivity index (χ2v) is 1.24. The van der Waals surface area contributed by atoms with Crippen LogP contribution in [0.25, 0.3) is 0 Å². The normalized spacial score (nSPS) is 16.7. The predicted octanol–water partition coefficient (Wildman–Crippen LogP) is 1.22. The number of halogens is 3. The first-order chi connectivity index (χ1) is 2.94. The van der Waals surface area contributed by atoms with Crippen molar-refractivity contribution in [1.29, 1.82) is 0 Å². The molecule has 0 bridgehead atoms. The molecule has 1 nitrogen and oxygen atoms in total. The van der Waals surface area contributed by atoms with Crippen molar-refractivity contribution >= 4 is 0 Å². The molecule has 1 unspecified atom stereocenters. The molecular weight excluding hydrogens is 107 g/mol. The Morgan fingerprint density at radius 2 is 1.71 bits per heavy atom. The van der Waals surface area contributed by atoms with Crippen molar-refractivity contribution in [2.45, 2.75) is 19.1 Å². The van der Waals surface area contributed by atoms with Gasteiger partial charge in [-0.3, -0.25) is 0 Å². The Balaban J connectivity index is 3.54. The van der Waals surface area contributed by atoms with Crippen LogP contribution in [0.1, 0.15) is 6.92 Å². The minimum atomic E-state index is -3.92. The Morgan fingerprint density at radius 3 is 1.71 bits per heavy atom. The maximum absolute atomic E-state index is 11.3. The molecule has 0 saturated carbocycles. The molecule has 0 aromatic rings. The molecule has 0 aromatic carbocycles. The summed E-state index contributed by atoms with van der Waals surface area (Å²) in [5.74, 6) is 0. The van der Waals surface area contributed by atoms with Crippen molar-refractivity contribution in [3.05, 3.63) is 0 Å². The van der Waals surface area contributed by atoms with E-state index in [-0.39, 0.29) is 0 Å². The summed E-state index contributed by atoms with van der Waals surface area (Å²) >= 11 is 0. The summed E-state index contributed by atoms with van der Waals surface area (Å²) in [6.07, 6.45) is -2.37. The lowest BCUT2D eigenvalue weighted by Gasteiger charge is -2.07. The van der Waals surface area contributed by atoms with Crippen LogP contribution < -0.4 is 5.73 Å². The van der Waals surface area contributed by atoms with E-state index in [1.54, 1.807) is 0 Å². The molecule has 0 aromatic heterocycles. The van der Waals surface area contributed by atoms with Gasteiger partial charge < -0.3 is 0 Å². The van der Waals surface area contributed by atoms with Gasteiger partial charge >= 0.3 is 6.05 Å². The summed E-state index contributed by atoms with van der Waals surface area (Å²) in [5, 5.41) is 0. The van der Waals surface area contributed by atoms with Crippen LogP contribution in [0.5, 0.6) is 0 Å². The van der Waals surface area contributed by atoms with Gasteiger partial charge in [0.2, 0.25) is 0 Å². The van der Waals surface area contributed by atoms with Crippen LogP contribution in [0.3, 0.4) is 0 Å². The van der Waals surface area contributed by atoms with Crippen LogP contribution in [0, 0.1) is 0 Å². The Labute approximate surface area is 39.3 Å². The molecule has 0 rings (SSSR count). The minimum absolute atomic E-state index is 0.646. The highest BCUT2D eigenvalue weighted by Gasteiger charge is 2.31. The number of hydrogen-bond acceptors (Lipinski definition) is 0. The van der Waals surface area contributed by atoms with E-state index in [0.29, 0.717) is 6.92 Å². The molecular formula is C3H5F3N. The first kappa shape index (κ1) is 6.75. The third-order valence-corrected chi connectivity index (χ3v) is 0.500. The SMILES string of the molecule is CC(F)C([NH])(F)F. The Bertz CT molecular complexity index is 55.7. The first-order valence-electron chi connectivity index (χ1n) is 1.71. The van der Waals surface area contributed by atoms with Gasteiger partial charge in [-0.2, -0.15) is 14.5 Å². The minimum Gasteiger partial charge on any atom is -0.239 e. The topological polar surface area (TPSA) is 23.8 Å². The highest BCUT2D eigenvalue weighted by atomic mass is 19.3. The monoisotopic (exact) mass is 112 g/mol. The van der Waals surface area contributed by atoms with Gasteiger partial charge in [0.05, 0.1) is 0 Å². The van der Waals surface area contributed by atoms with Gasteiger partial charge in [-0.1, -0.05) is 0 Å². The molecule has 0 heterocycles.